The summed E-state index contributed by atoms with van der Waals surface area (Å²) in [6, 6.07) is 19.7. The molecule has 0 radical (unpaired) electrons. The summed E-state index contributed by atoms with van der Waals surface area (Å²) in [5.74, 6) is -0.918. The maximum Gasteiger partial charge on any atom is 0.303 e. The average Bonchev–Trinajstić information content (AvgIpc) is 3.14. The number of carboxylic acids is 1. The van der Waals surface area contributed by atoms with Crippen LogP contribution in [-0.4, -0.2) is 39.8 Å². The zero-order chi connectivity index (χ0) is 24.0. The lowest BCUT2D eigenvalue weighted by atomic mass is 10.2. The molecule has 0 unspecified atom stereocenters. The standard InChI is InChI=1S/C27H27N3O3S/c31-25(32)19-8-3-9-21-30-26(33)24(18-10-16-22-12-4-1-5-13-22)34-27(30)29-28-20-11-17-23-14-6-2-7-15-23/h1-2,4-7,10-18,20H,3,8-9,19,21H2,(H,31,32). The molecular formula is C27H27N3O3S. The second-order valence-corrected chi connectivity index (χ2v) is 8.49. The summed E-state index contributed by atoms with van der Waals surface area (Å²) in [7, 11) is 0. The minimum Gasteiger partial charge on any atom is -0.481 e. The van der Waals surface area contributed by atoms with Gasteiger partial charge in [0.2, 0.25) is 0 Å². The second kappa shape index (κ2) is 13.7. The summed E-state index contributed by atoms with van der Waals surface area (Å²) < 4.78 is 0. The molecule has 1 heterocycles. The van der Waals surface area contributed by atoms with Crippen molar-refractivity contribution in [3.8, 4) is 0 Å². The van der Waals surface area contributed by atoms with Gasteiger partial charge in [-0.25, -0.2) is 0 Å². The highest BCUT2D eigenvalue weighted by Crippen LogP contribution is 2.31. The minimum absolute atomic E-state index is 0.116. The van der Waals surface area contributed by atoms with Crippen LogP contribution in [0.15, 0.2) is 94.0 Å². The zero-order valence-corrected chi connectivity index (χ0v) is 19.6. The van der Waals surface area contributed by atoms with Crippen molar-refractivity contribution in [3.63, 3.8) is 0 Å². The molecule has 6 nitrogen and oxygen atoms in total. The number of thioether (sulfide) groups is 1. The van der Waals surface area contributed by atoms with Crippen molar-refractivity contribution in [2.24, 2.45) is 10.2 Å². The lowest BCUT2D eigenvalue weighted by molar-refractivity contribution is -0.137. The molecule has 1 amide bonds. The van der Waals surface area contributed by atoms with Crippen molar-refractivity contribution in [1.82, 2.24) is 4.90 Å². The van der Waals surface area contributed by atoms with Crippen LogP contribution in [0.5, 0.6) is 0 Å². The number of amides is 1. The molecule has 1 N–H and O–H groups in total. The van der Waals surface area contributed by atoms with E-state index < -0.39 is 5.97 Å². The van der Waals surface area contributed by atoms with Crippen molar-refractivity contribution < 1.29 is 14.7 Å². The Hall–Kier alpha value is -3.71. The Labute approximate surface area is 204 Å². The van der Waals surface area contributed by atoms with Gasteiger partial charge < -0.3 is 5.11 Å². The van der Waals surface area contributed by atoms with E-state index in [4.69, 9.17) is 5.11 Å². The summed E-state index contributed by atoms with van der Waals surface area (Å²) in [5.41, 5.74) is 2.11. The number of hydrogen-bond donors (Lipinski definition) is 1. The fraction of sp³-hybridized carbons (Fsp3) is 0.185. The van der Waals surface area contributed by atoms with E-state index >= 15 is 0 Å². The third-order valence-corrected chi connectivity index (χ3v) is 5.90. The van der Waals surface area contributed by atoms with Crippen LogP contribution in [0, 0.1) is 0 Å². The van der Waals surface area contributed by atoms with Crippen LogP contribution < -0.4 is 0 Å². The van der Waals surface area contributed by atoms with E-state index in [-0.39, 0.29) is 12.3 Å². The van der Waals surface area contributed by atoms with Gasteiger partial charge in [0.25, 0.3) is 5.91 Å². The predicted octanol–water partition coefficient (Wildman–Crippen LogP) is 5.86. The van der Waals surface area contributed by atoms with Crippen LogP contribution in [0.4, 0.5) is 0 Å². The van der Waals surface area contributed by atoms with Gasteiger partial charge in [-0.05, 0) is 47.9 Å². The van der Waals surface area contributed by atoms with E-state index in [2.05, 4.69) is 10.2 Å². The number of allylic oxidation sites excluding steroid dienone is 3. The van der Waals surface area contributed by atoms with Gasteiger partial charge in [0.15, 0.2) is 5.17 Å². The molecule has 34 heavy (non-hydrogen) atoms. The van der Waals surface area contributed by atoms with Crippen LogP contribution >= 0.6 is 11.8 Å². The molecule has 1 saturated heterocycles. The van der Waals surface area contributed by atoms with Crippen LogP contribution in [0.2, 0.25) is 0 Å². The normalized spacial score (nSPS) is 16.7. The molecule has 0 aromatic heterocycles. The summed E-state index contributed by atoms with van der Waals surface area (Å²) in [5, 5.41) is 17.7. The van der Waals surface area contributed by atoms with Crippen molar-refractivity contribution in [3.05, 3.63) is 94.9 Å². The van der Waals surface area contributed by atoms with Gasteiger partial charge in [0, 0.05) is 19.2 Å². The summed E-state index contributed by atoms with van der Waals surface area (Å²) >= 11 is 1.29. The number of carbonyl (C=O) groups is 2. The highest BCUT2D eigenvalue weighted by molar-refractivity contribution is 8.18. The minimum atomic E-state index is -0.802. The summed E-state index contributed by atoms with van der Waals surface area (Å²) in [4.78, 5) is 25.9. The highest BCUT2D eigenvalue weighted by atomic mass is 32.2. The van der Waals surface area contributed by atoms with E-state index in [0.717, 1.165) is 17.5 Å². The Morgan fingerprint density at radius 3 is 2.21 bits per heavy atom. The maximum atomic E-state index is 13.0. The quantitative estimate of drug-likeness (QED) is 0.192. The Bertz CT molecular complexity index is 1110. The zero-order valence-electron chi connectivity index (χ0n) is 18.8. The van der Waals surface area contributed by atoms with Crippen LogP contribution in [0.1, 0.15) is 36.8 Å². The fourth-order valence-corrected chi connectivity index (χ4v) is 4.08. The van der Waals surface area contributed by atoms with Crippen LogP contribution in [0.3, 0.4) is 0 Å². The van der Waals surface area contributed by atoms with Crippen molar-refractivity contribution in [2.75, 3.05) is 6.54 Å². The molecule has 0 aliphatic carbocycles. The smallest absolute Gasteiger partial charge is 0.303 e. The molecule has 2 aromatic carbocycles. The first kappa shape index (κ1) is 24.9. The van der Waals surface area contributed by atoms with Gasteiger partial charge in [-0.2, -0.15) is 5.10 Å². The first-order valence-electron chi connectivity index (χ1n) is 11.1. The number of unbranched alkanes of at least 4 members (excludes halogenated alkanes) is 2. The molecule has 1 fully saturated rings. The van der Waals surface area contributed by atoms with Gasteiger partial charge in [-0.3, -0.25) is 14.5 Å². The van der Waals surface area contributed by atoms with E-state index in [9.17, 15) is 9.59 Å². The van der Waals surface area contributed by atoms with E-state index in [1.54, 1.807) is 23.3 Å². The second-order valence-electron chi connectivity index (χ2n) is 7.48. The molecule has 3 rings (SSSR count). The van der Waals surface area contributed by atoms with Crippen LogP contribution in [0.25, 0.3) is 12.2 Å². The van der Waals surface area contributed by atoms with Gasteiger partial charge >= 0.3 is 5.97 Å². The molecule has 0 bridgehead atoms. The predicted molar refractivity (Wildman–Crippen MR) is 140 cm³/mol. The third-order valence-electron chi connectivity index (χ3n) is 4.88. The van der Waals surface area contributed by atoms with Gasteiger partial charge in [-0.1, -0.05) is 85.3 Å². The molecule has 0 spiro atoms. The van der Waals surface area contributed by atoms with Gasteiger partial charge in [0.05, 0.1) is 4.91 Å². The molecule has 2 aromatic rings. The number of rotatable bonds is 11. The molecule has 7 heteroatoms. The van der Waals surface area contributed by atoms with Crippen molar-refractivity contribution in [1.29, 1.82) is 0 Å². The number of carbonyl (C=O) groups excluding carboxylic acids is 1. The number of carboxylic acid groups (broad SMARTS) is 1. The fourth-order valence-electron chi connectivity index (χ4n) is 3.17. The maximum absolute atomic E-state index is 13.0. The SMILES string of the molecule is O=C(O)CCCCCN1C(=O)C(=CC=Cc2ccccc2)SC1=NN=CC=Cc1ccccc1. The van der Waals surface area contributed by atoms with Gasteiger partial charge in [-0.15, -0.1) is 5.10 Å². The number of benzene rings is 2. The average molecular weight is 474 g/mol. The summed E-state index contributed by atoms with van der Waals surface area (Å²) in [6.45, 7) is 0.472. The third kappa shape index (κ3) is 8.33. The number of amidine groups is 1. The van der Waals surface area contributed by atoms with E-state index in [1.807, 2.05) is 78.9 Å². The van der Waals surface area contributed by atoms with E-state index in [0.29, 0.717) is 29.5 Å². The lowest BCUT2D eigenvalue weighted by Crippen LogP contribution is -2.30. The molecular weight excluding hydrogens is 446 g/mol. The number of nitrogens with zero attached hydrogens (tertiary/aromatic N) is 3. The molecule has 1 aliphatic heterocycles. The number of aliphatic carboxylic acids is 1. The van der Waals surface area contributed by atoms with Gasteiger partial charge in [0.1, 0.15) is 0 Å². The lowest BCUT2D eigenvalue weighted by Gasteiger charge is -2.14. The largest absolute Gasteiger partial charge is 0.481 e. The Morgan fingerprint density at radius 1 is 0.912 bits per heavy atom. The monoisotopic (exact) mass is 473 g/mol. The molecule has 0 atom stereocenters. The van der Waals surface area contributed by atoms with Crippen LogP contribution in [-0.2, 0) is 9.59 Å². The highest BCUT2D eigenvalue weighted by Gasteiger charge is 2.32. The Kier molecular flexibility index (Phi) is 10.1. The number of hydrogen-bond acceptors (Lipinski definition) is 5. The summed E-state index contributed by atoms with van der Waals surface area (Å²) in [6.07, 6.45) is 13.1. The Morgan fingerprint density at radius 2 is 1.56 bits per heavy atom. The molecule has 1 aliphatic rings. The van der Waals surface area contributed by atoms with E-state index in [1.165, 1.54) is 11.8 Å². The van der Waals surface area contributed by atoms with Crippen molar-refractivity contribution in [2.45, 2.75) is 25.7 Å². The molecule has 174 valence electrons. The van der Waals surface area contributed by atoms with Crippen molar-refractivity contribution >= 4 is 47.2 Å². The Balaban J connectivity index is 1.67. The first-order valence-corrected chi connectivity index (χ1v) is 11.9. The molecule has 0 saturated carbocycles. The topological polar surface area (TPSA) is 82.3 Å². The first-order chi connectivity index (χ1) is 16.6.